The normalized spacial score (nSPS) is 16.8. The third kappa shape index (κ3) is 3.00. The van der Waals surface area contributed by atoms with E-state index in [9.17, 15) is 4.79 Å². The number of carbonyl (C=O) groups excluding carboxylic acids is 1. The van der Waals surface area contributed by atoms with Gasteiger partial charge < -0.3 is 4.74 Å². The molecule has 0 unspecified atom stereocenters. The van der Waals surface area contributed by atoms with Crippen molar-refractivity contribution in [2.24, 2.45) is 0 Å². The lowest BCUT2D eigenvalue weighted by Crippen LogP contribution is -2.37. The minimum atomic E-state index is 0.196. The van der Waals surface area contributed by atoms with Gasteiger partial charge in [0.1, 0.15) is 0 Å². The van der Waals surface area contributed by atoms with Crippen molar-refractivity contribution < 1.29 is 9.53 Å². The highest BCUT2D eigenvalue weighted by atomic mass is 32.1. The second-order valence-corrected chi connectivity index (χ2v) is 5.55. The molecule has 0 atom stereocenters. The standard InChI is InChI=1S/C14H16N2O2S/c17-13(3-4-16-5-7-18-8-6-16)11-1-2-14-12(9-11)15-10-19-14/h1-2,9-10H,3-8H2. The van der Waals surface area contributed by atoms with Gasteiger partial charge in [0.05, 0.1) is 28.9 Å². The quantitative estimate of drug-likeness (QED) is 0.803. The van der Waals surface area contributed by atoms with E-state index in [1.54, 1.807) is 11.3 Å². The molecule has 0 N–H and O–H groups in total. The van der Waals surface area contributed by atoms with Gasteiger partial charge in [-0.15, -0.1) is 11.3 Å². The summed E-state index contributed by atoms with van der Waals surface area (Å²) in [4.78, 5) is 18.7. The van der Waals surface area contributed by atoms with Crippen LogP contribution in [0.3, 0.4) is 0 Å². The highest BCUT2D eigenvalue weighted by molar-refractivity contribution is 7.16. The summed E-state index contributed by atoms with van der Waals surface area (Å²) < 4.78 is 6.43. The number of fused-ring (bicyclic) bond motifs is 1. The number of morpholine rings is 1. The van der Waals surface area contributed by atoms with Gasteiger partial charge in [0.15, 0.2) is 5.78 Å². The molecule has 1 aliphatic rings. The van der Waals surface area contributed by atoms with Crippen molar-refractivity contribution in [1.29, 1.82) is 0 Å². The maximum Gasteiger partial charge on any atom is 0.164 e. The highest BCUT2D eigenvalue weighted by Gasteiger charge is 2.13. The van der Waals surface area contributed by atoms with Crippen LogP contribution in [0.1, 0.15) is 16.8 Å². The smallest absolute Gasteiger partial charge is 0.164 e. The first-order chi connectivity index (χ1) is 9.33. The van der Waals surface area contributed by atoms with Gasteiger partial charge in [0, 0.05) is 31.6 Å². The Hall–Kier alpha value is -1.30. The number of hydrogen-bond donors (Lipinski definition) is 0. The summed E-state index contributed by atoms with van der Waals surface area (Å²) in [6.45, 7) is 4.23. The number of ether oxygens (including phenoxy) is 1. The zero-order valence-corrected chi connectivity index (χ0v) is 11.5. The van der Waals surface area contributed by atoms with Crippen LogP contribution in [-0.4, -0.2) is 48.5 Å². The highest BCUT2D eigenvalue weighted by Crippen LogP contribution is 2.19. The van der Waals surface area contributed by atoms with E-state index in [2.05, 4.69) is 9.88 Å². The van der Waals surface area contributed by atoms with Crippen molar-refractivity contribution >= 4 is 27.3 Å². The zero-order valence-electron chi connectivity index (χ0n) is 10.7. The second kappa shape index (κ2) is 5.77. The van der Waals surface area contributed by atoms with Gasteiger partial charge in [-0.05, 0) is 18.2 Å². The summed E-state index contributed by atoms with van der Waals surface area (Å²) in [5.41, 5.74) is 3.50. The number of rotatable bonds is 4. The largest absolute Gasteiger partial charge is 0.379 e. The molecule has 0 bridgehead atoms. The lowest BCUT2D eigenvalue weighted by molar-refractivity contribution is 0.0370. The van der Waals surface area contributed by atoms with Crippen LogP contribution in [0.2, 0.25) is 0 Å². The minimum Gasteiger partial charge on any atom is -0.379 e. The van der Waals surface area contributed by atoms with Crippen molar-refractivity contribution in [2.75, 3.05) is 32.8 Å². The number of thiazole rings is 1. The van der Waals surface area contributed by atoms with E-state index in [0.29, 0.717) is 6.42 Å². The SMILES string of the molecule is O=C(CCN1CCOCC1)c1ccc2scnc2c1. The molecule has 1 aliphatic heterocycles. The average Bonchev–Trinajstić information content (AvgIpc) is 2.93. The summed E-state index contributed by atoms with van der Waals surface area (Å²) in [7, 11) is 0. The van der Waals surface area contributed by atoms with E-state index in [0.717, 1.165) is 48.6 Å². The van der Waals surface area contributed by atoms with Gasteiger partial charge >= 0.3 is 0 Å². The Morgan fingerprint density at radius 2 is 2.21 bits per heavy atom. The molecule has 2 heterocycles. The van der Waals surface area contributed by atoms with E-state index >= 15 is 0 Å². The van der Waals surface area contributed by atoms with Gasteiger partial charge in [-0.1, -0.05) is 0 Å². The Labute approximate surface area is 116 Å². The number of ketones is 1. The molecule has 100 valence electrons. The van der Waals surface area contributed by atoms with E-state index in [4.69, 9.17) is 4.74 Å². The fourth-order valence-electron chi connectivity index (χ4n) is 2.26. The van der Waals surface area contributed by atoms with Gasteiger partial charge in [-0.3, -0.25) is 9.69 Å². The Balaban J connectivity index is 1.62. The molecule has 0 aliphatic carbocycles. The summed E-state index contributed by atoms with van der Waals surface area (Å²) in [6, 6.07) is 5.78. The number of Topliss-reactive ketones (excluding diaryl/α,β-unsaturated/α-hetero) is 1. The predicted octanol–water partition coefficient (Wildman–Crippen LogP) is 2.20. The number of aromatic nitrogens is 1. The lowest BCUT2D eigenvalue weighted by atomic mass is 10.1. The fraction of sp³-hybridized carbons (Fsp3) is 0.429. The molecule has 3 rings (SSSR count). The van der Waals surface area contributed by atoms with Crippen LogP contribution >= 0.6 is 11.3 Å². The monoisotopic (exact) mass is 276 g/mol. The van der Waals surface area contributed by atoms with Gasteiger partial charge in [-0.2, -0.15) is 0 Å². The first kappa shape index (κ1) is 12.7. The number of hydrogen-bond acceptors (Lipinski definition) is 5. The molecule has 1 fully saturated rings. The molecule has 2 aromatic rings. The first-order valence-corrected chi connectivity index (χ1v) is 7.37. The molecule has 1 aromatic heterocycles. The van der Waals surface area contributed by atoms with Crippen LogP contribution in [0.5, 0.6) is 0 Å². The topological polar surface area (TPSA) is 42.4 Å². The zero-order chi connectivity index (χ0) is 13.1. The molecule has 19 heavy (non-hydrogen) atoms. The molecule has 0 radical (unpaired) electrons. The summed E-state index contributed by atoms with van der Waals surface area (Å²) in [5, 5.41) is 0. The second-order valence-electron chi connectivity index (χ2n) is 4.66. The van der Waals surface area contributed by atoms with Crippen molar-refractivity contribution in [2.45, 2.75) is 6.42 Å². The lowest BCUT2D eigenvalue weighted by Gasteiger charge is -2.26. The number of nitrogens with zero attached hydrogens (tertiary/aromatic N) is 2. The van der Waals surface area contributed by atoms with Crippen LogP contribution in [-0.2, 0) is 4.74 Å². The summed E-state index contributed by atoms with van der Waals surface area (Å²) in [6.07, 6.45) is 0.565. The van der Waals surface area contributed by atoms with Gasteiger partial charge in [-0.25, -0.2) is 4.98 Å². The van der Waals surface area contributed by atoms with Crippen molar-refractivity contribution in [1.82, 2.24) is 9.88 Å². The maximum atomic E-state index is 12.2. The maximum absolute atomic E-state index is 12.2. The van der Waals surface area contributed by atoms with Crippen molar-refractivity contribution in [3.8, 4) is 0 Å². The molecular formula is C14H16N2O2S. The third-order valence-electron chi connectivity index (χ3n) is 3.41. The molecule has 4 nitrogen and oxygen atoms in total. The number of carbonyl (C=O) groups is 1. The Morgan fingerprint density at radius 1 is 1.37 bits per heavy atom. The van der Waals surface area contributed by atoms with E-state index in [1.165, 1.54) is 0 Å². The van der Waals surface area contributed by atoms with E-state index in [1.807, 2.05) is 23.7 Å². The molecule has 0 spiro atoms. The van der Waals surface area contributed by atoms with Crippen molar-refractivity contribution in [3.05, 3.63) is 29.3 Å². The molecule has 5 heteroatoms. The molecule has 0 amide bonds. The van der Waals surface area contributed by atoms with Crippen LogP contribution in [0.25, 0.3) is 10.2 Å². The molecular weight excluding hydrogens is 260 g/mol. The Morgan fingerprint density at radius 3 is 3.05 bits per heavy atom. The van der Waals surface area contributed by atoms with Gasteiger partial charge in [0.25, 0.3) is 0 Å². The minimum absolute atomic E-state index is 0.196. The Bertz CT molecular complexity index is 576. The molecule has 1 aromatic carbocycles. The van der Waals surface area contributed by atoms with Crippen LogP contribution in [0.4, 0.5) is 0 Å². The fourth-order valence-corrected chi connectivity index (χ4v) is 2.92. The van der Waals surface area contributed by atoms with Crippen LogP contribution in [0, 0.1) is 0 Å². The molecule has 1 saturated heterocycles. The van der Waals surface area contributed by atoms with Gasteiger partial charge in [0.2, 0.25) is 0 Å². The van der Waals surface area contributed by atoms with E-state index in [-0.39, 0.29) is 5.78 Å². The van der Waals surface area contributed by atoms with Crippen LogP contribution in [0.15, 0.2) is 23.7 Å². The first-order valence-electron chi connectivity index (χ1n) is 6.49. The molecule has 0 saturated carbocycles. The third-order valence-corrected chi connectivity index (χ3v) is 4.22. The van der Waals surface area contributed by atoms with E-state index < -0.39 is 0 Å². The average molecular weight is 276 g/mol. The summed E-state index contributed by atoms with van der Waals surface area (Å²) >= 11 is 1.60. The van der Waals surface area contributed by atoms with Crippen molar-refractivity contribution in [3.63, 3.8) is 0 Å². The summed E-state index contributed by atoms with van der Waals surface area (Å²) in [5.74, 6) is 0.196. The predicted molar refractivity (Wildman–Crippen MR) is 75.8 cm³/mol. The Kier molecular flexibility index (Phi) is 3.87. The number of benzene rings is 1. The van der Waals surface area contributed by atoms with Crippen LogP contribution < -0.4 is 0 Å².